The zero-order valence-electron chi connectivity index (χ0n) is 9.76. The van der Waals surface area contributed by atoms with E-state index in [0.29, 0.717) is 11.1 Å². The zero-order chi connectivity index (χ0) is 12.5. The first kappa shape index (κ1) is 11.4. The van der Waals surface area contributed by atoms with Crippen molar-refractivity contribution < 1.29 is 0 Å². The van der Waals surface area contributed by atoms with Crippen molar-refractivity contribution in [3.8, 4) is 0 Å². The quantitative estimate of drug-likeness (QED) is 0.716. The fourth-order valence-corrected chi connectivity index (χ4v) is 3.15. The van der Waals surface area contributed by atoms with E-state index in [2.05, 4.69) is 30.5 Å². The predicted molar refractivity (Wildman–Crippen MR) is 72.2 cm³/mol. The minimum atomic E-state index is 0.611. The molecule has 0 spiro atoms. The first-order valence-corrected chi connectivity index (χ1v) is 6.96. The average molecular weight is 278 g/mol. The van der Waals surface area contributed by atoms with Crippen LogP contribution in [0.15, 0.2) is 21.6 Å². The van der Waals surface area contributed by atoms with E-state index < -0.39 is 0 Å². The Kier molecular flexibility index (Phi) is 2.88. The third kappa shape index (κ3) is 2.04. The van der Waals surface area contributed by atoms with E-state index in [1.807, 2.05) is 18.4 Å². The number of anilines is 1. The van der Waals surface area contributed by atoms with Gasteiger partial charge in [0.15, 0.2) is 0 Å². The van der Waals surface area contributed by atoms with E-state index in [9.17, 15) is 0 Å². The highest BCUT2D eigenvalue weighted by Crippen LogP contribution is 2.32. The summed E-state index contributed by atoms with van der Waals surface area (Å²) in [5.41, 5.74) is 0. The Morgan fingerprint density at radius 2 is 2.22 bits per heavy atom. The van der Waals surface area contributed by atoms with Crippen LogP contribution in [0.5, 0.6) is 0 Å². The predicted octanol–water partition coefficient (Wildman–Crippen LogP) is 2.31. The highest BCUT2D eigenvalue weighted by molar-refractivity contribution is 7.99. The lowest BCUT2D eigenvalue weighted by Crippen LogP contribution is -1.97. The van der Waals surface area contributed by atoms with Gasteiger partial charge in [0.25, 0.3) is 0 Å². The van der Waals surface area contributed by atoms with E-state index in [1.54, 1.807) is 18.4 Å². The van der Waals surface area contributed by atoms with Gasteiger partial charge in [-0.25, -0.2) is 15.0 Å². The topological polar surface area (TPSA) is 79.4 Å². The number of fused-ring (bicyclic) bond motifs is 1. The summed E-state index contributed by atoms with van der Waals surface area (Å²) in [6.07, 6.45) is 0. The lowest BCUT2D eigenvalue weighted by molar-refractivity contribution is 0.965. The molecule has 0 saturated carbocycles. The molecule has 0 atom stereocenters. The number of aromatic nitrogens is 5. The van der Waals surface area contributed by atoms with Crippen LogP contribution < -0.4 is 5.32 Å². The van der Waals surface area contributed by atoms with E-state index in [-0.39, 0.29) is 0 Å². The lowest BCUT2D eigenvalue weighted by Gasteiger charge is -2.02. The molecule has 3 aromatic rings. The molecule has 3 heterocycles. The Hall–Kier alpha value is -1.67. The van der Waals surface area contributed by atoms with Crippen LogP contribution in [0.1, 0.15) is 5.82 Å². The second-order valence-electron chi connectivity index (χ2n) is 3.55. The van der Waals surface area contributed by atoms with Crippen molar-refractivity contribution in [2.24, 2.45) is 0 Å². The highest BCUT2D eigenvalue weighted by Gasteiger charge is 2.12. The van der Waals surface area contributed by atoms with E-state index >= 15 is 0 Å². The van der Waals surface area contributed by atoms with Gasteiger partial charge in [-0.15, -0.1) is 16.4 Å². The Balaban J connectivity index is 2.06. The molecule has 3 aromatic heterocycles. The third-order valence-electron chi connectivity index (χ3n) is 2.28. The summed E-state index contributed by atoms with van der Waals surface area (Å²) in [5, 5.41) is 14.5. The Bertz CT molecular complexity index is 689. The number of aromatic amines is 1. The fraction of sp³-hybridized carbons (Fsp3) is 0.200. The number of H-pyrrole nitrogens is 1. The lowest BCUT2D eigenvalue weighted by atomic mass is 10.4. The highest BCUT2D eigenvalue weighted by atomic mass is 32.2. The molecule has 2 N–H and O–H groups in total. The monoisotopic (exact) mass is 278 g/mol. The molecule has 0 aliphatic heterocycles. The van der Waals surface area contributed by atoms with Gasteiger partial charge < -0.3 is 5.32 Å². The molecule has 6 nitrogen and oxygen atoms in total. The molecular formula is C10H10N6S2. The van der Waals surface area contributed by atoms with Crippen molar-refractivity contribution in [2.45, 2.75) is 17.1 Å². The molecule has 3 rings (SSSR count). The maximum atomic E-state index is 4.45. The normalized spacial score (nSPS) is 11.0. The molecule has 0 bridgehead atoms. The summed E-state index contributed by atoms with van der Waals surface area (Å²) in [5.74, 6) is 1.40. The number of aryl methyl sites for hydroxylation is 1. The van der Waals surface area contributed by atoms with Crippen molar-refractivity contribution in [2.75, 3.05) is 12.4 Å². The number of nitrogens with zero attached hydrogens (tertiary/aromatic N) is 4. The maximum absolute atomic E-state index is 4.45. The summed E-state index contributed by atoms with van der Waals surface area (Å²) in [6.45, 7) is 1.87. The second kappa shape index (κ2) is 4.54. The molecule has 92 valence electrons. The van der Waals surface area contributed by atoms with Crippen LogP contribution >= 0.6 is 23.1 Å². The Labute approximate surface area is 111 Å². The van der Waals surface area contributed by atoms with E-state index in [0.717, 1.165) is 21.1 Å². The maximum Gasteiger partial charge on any atom is 0.224 e. The molecule has 0 fully saturated rings. The van der Waals surface area contributed by atoms with Crippen molar-refractivity contribution in [1.29, 1.82) is 0 Å². The Morgan fingerprint density at radius 3 is 2.94 bits per heavy atom. The largest absolute Gasteiger partial charge is 0.357 e. The van der Waals surface area contributed by atoms with Gasteiger partial charge in [-0.05, 0) is 30.1 Å². The van der Waals surface area contributed by atoms with Crippen LogP contribution in [0.4, 0.5) is 5.95 Å². The Morgan fingerprint density at radius 1 is 1.33 bits per heavy atom. The van der Waals surface area contributed by atoms with Gasteiger partial charge in [0.2, 0.25) is 11.1 Å². The molecule has 0 saturated heterocycles. The summed E-state index contributed by atoms with van der Waals surface area (Å²) in [4.78, 5) is 14.1. The van der Waals surface area contributed by atoms with Crippen molar-refractivity contribution in [3.05, 3.63) is 17.3 Å². The van der Waals surface area contributed by atoms with Crippen LogP contribution in [0, 0.1) is 6.92 Å². The van der Waals surface area contributed by atoms with Crippen LogP contribution in [0.25, 0.3) is 10.2 Å². The molecule has 0 radical (unpaired) electrons. The SMILES string of the molecule is CNc1nc(Sc2n[nH]c(C)n2)c2ccsc2n1. The van der Waals surface area contributed by atoms with E-state index in [1.165, 1.54) is 11.8 Å². The number of thiophene rings is 1. The van der Waals surface area contributed by atoms with Gasteiger partial charge in [0.05, 0.1) is 0 Å². The van der Waals surface area contributed by atoms with Gasteiger partial charge in [-0.3, -0.25) is 5.10 Å². The molecule has 18 heavy (non-hydrogen) atoms. The number of rotatable bonds is 3. The average Bonchev–Trinajstić information content (AvgIpc) is 2.98. The van der Waals surface area contributed by atoms with Crippen molar-refractivity contribution in [3.63, 3.8) is 0 Å². The number of hydrogen-bond donors (Lipinski definition) is 2. The van der Waals surface area contributed by atoms with E-state index in [4.69, 9.17) is 0 Å². The third-order valence-corrected chi connectivity index (χ3v) is 3.95. The fourth-order valence-electron chi connectivity index (χ4n) is 1.47. The molecule has 0 aliphatic carbocycles. The van der Waals surface area contributed by atoms with Crippen molar-refractivity contribution in [1.82, 2.24) is 25.1 Å². The smallest absolute Gasteiger partial charge is 0.224 e. The van der Waals surface area contributed by atoms with Crippen molar-refractivity contribution >= 4 is 39.3 Å². The standard InChI is InChI=1S/C10H10N6S2/c1-5-12-10(16-15-5)18-8-6-3-4-17-7(6)13-9(11-2)14-8/h3-4H,1-2H3,(H,11,13,14)(H,12,15,16). The van der Waals surface area contributed by atoms with Crippen LogP contribution in [0.3, 0.4) is 0 Å². The van der Waals surface area contributed by atoms with Crippen LogP contribution in [0.2, 0.25) is 0 Å². The number of nitrogens with one attached hydrogen (secondary N) is 2. The molecule has 0 amide bonds. The minimum absolute atomic E-state index is 0.611. The summed E-state index contributed by atoms with van der Waals surface area (Å²) < 4.78 is 0. The first-order chi connectivity index (χ1) is 8.76. The van der Waals surface area contributed by atoms with Gasteiger partial charge in [0.1, 0.15) is 15.7 Å². The van der Waals surface area contributed by atoms with Crippen LogP contribution in [-0.2, 0) is 0 Å². The molecular weight excluding hydrogens is 268 g/mol. The van der Waals surface area contributed by atoms with Gasteiger partial charge in [0, 0.05) is 12.4 Å². The summed E-state index contributed by atoms with van der Waals surface area (Å²) in [6, 6.07) is 2.02. The molecule has 8 heteroatoms. The van der Waals surface area contributed by atoms with Crippen LogP contribution in [-0.4, -0.2) is 32.2 Å². The van der Waals surface area contributed by atoms with Gasteiger partial charge >= 0.3 is 0 Å². The molecule has 0 unspecified atom stereocenters. The minimum Gasteiger partial charge on any atom is -0.357 e. The second-order valence-corrected chi connectivity index (χ2v) is 5.40. The molecule has 0 aromatic carbocycles. The first-order valence-electron chi connectivity index (χ1n) is 5.26. The zero-order valence-corrected chi connectivity index (χ0v) is 11.4. The molecule has 0 aliphatic rings. The summed E-state index contributed by atoms with van der Waals surface area (Å²) >= 11 is 3.03. The van der Waals surface area contributed by atoms with Gasteiger partial charge in [-0.1, -0.05) is 0 Å². The number of hydrogen-bond acceptors (Lipinski definition) is 7. The summed E-state index contributed by atoms with van der Waals surface area (Å²) in [7, 11) is 1.81. The van der Waals surface area contributed by atoms with Gasteiger partial charge in [-0.2, -0.15) is 0 Å².